The summed E-state index contributed by atoms with van der Waals surface area (Å²) in [5.41, 5.74) is 0. The van der Waals surface area contributed by atoms with Crippen molar-refractivity contribution in [1.29, 1.82) is 0 Å². The molecule has 0 spiro atoms. The van der Waals surface area contributed by atoms with E-state index in [-0.39, 0.29) is 18.9 Å². The third kappa shape index (κ3) is 5.02. The molecule has 0 aliphatic carbocycles. The number of rotatable bonds is 2. The average molecular weight is 240 g/mol. The first-order chi connectivity index (χ1) is 2.41. The van der Waals surface area contributed by atoms with E-state index >= 15 is 0 Å². The Bertz CT molecular complexity index is 28.1. The number of halogens is 1. The first-order valence-electron chi connectivity index (χ1n) is 1.36. The Labute approximate surface area is 48.6 Å². The maximum absolute atomic E-state index is 3.56. The number of hydrogen-bond donors (Lipinski definition) is 0. The Morgan fingerprint density at radius 1 is 2.00 bits per heavy atom. The summed E-state index contributed by atoms with van der Waals surface area (Å²) in [4.78, 5) is 0. The van der Waals surface area contributed by atoms with E-state index in [1.54, 1.807) is 0 Å². The van der Waals surface area contributed by atoms with E-state index in [1.807, 2.05) is 6.08 Å². The van der Waals surface area contributed by atoms with E-state index in [2.05, 4.69) is 19.3 Å². The fraction of sp³-hybridized carbons (Fsp3) is 0.333. The van der Waals surface area contributed by atoms with Crippen LogP contribution in [0, 0.1) is 0 Å². The van der Waals surface area contributed by atoms with Gasteiger partial charge in [0.05, 0.1) is 0 Å². The molecule has 0 aromatic carbocycles. The van der Waals surface area contributed by atoms with Crippen molar-refractivity contribution >= 4 is 31.6 Å². The van der Waals surface area contributed by atoms with Crippen molar-refractivity contribution < 1.29 is 0 Å². The summed E-state index contributed by atoms with van der Waals surface area (Å²) in [5, 5.41) is 0. The molecule has 0 nitrogen and oxygen atoms in total. The molecule has 0 fully saturated rings. The van der Waals surface area contributed by atoms with Gasteiger partial charge in [-0.2, -0.15) is 0 Å². The van der Waals surface area contributed by atoms with Crippen LogP contribution in [0.25, 0.3) is 0 Å². The minimum atomic E-state index is -0.0999. The van der Waals surface area contributed by atoms with E-state index in [9.17, 15) is 0 Å². The molecule has 0 bridgehead atoms. The van der Waals surface area contributed by atoms with Gasteiger partial charge >= 0.3 is 48.7 Å². The van der Waals surface area contributed by atoms with E-state index in [0.717, 1.165) is 0 Å². The third-order valence-corrected chi connectivity index (χ3v) is 3.66. The topological polar surface area (TPSA) is 0 Å². The van der Waals surface area contributed by atoms with Crippen LogP contribution < -0.4 is 0 Å². The zero-order chi connectivity index (χ0) is 4.12. The molecule has 0 aliphatic rings. The van der Waals surface area contributed by atoms with E-state index in [1.165, 1.54) is 4.44 Å². The summed E-state index contributed by atoms with van der Waals surface area (Å²) in [5.74, 6) is 0. The fourth-order valence-corrected chi connectivity index (χ4v) is 1.90. The average Bonchev–Trinajstić information content (AvgIpc) is 1.41. The van der Waals surface area contributed by atoms with Crippen molar-refractivity contribution in [3.8, 4) is 0 Å². The zero-order valence-corrected chi connectivity index (χ0v) is 7.31. The van der Waals surface area contributed by atoms with E-state index in [0.29, 0.717) is 0 Å². The molecule has 0 aromatic heterocycles. The fourth-order valence-electron chi connectivity index (χ4n) is 0.0546. The summed E-state index contributed by atoms with van der Waals surface area (Å²) in [6, 6.07) is 0. The molecule has 2 heteroatoms. The van der Waals surface area contributed by atoms with Crippen molar-refractivity contribution in [1.82, 2.24) is 0 Å². The summed E-state index contributed by atoms with van der Waals surface area (Å²) in [6.45, 7) is 3.56. The molecule has 0 amide bonds. The quantitative estimate of drug-likeness (QED) is 0.507. The Morgan fingerprint density at radius 2 is 2.60 bits per heavy atom. The van der Waals surface area contributed by atoms with Crippen LogP contribution in [0.1, 0.15) is 0 Å². The molecule has 28 valence electrons. The molecule has 5 heavy (non-hydrogen) atoms. The van der Waals surface area contributed by atoms with Crippen molar-refractivity contribution in [3.63, 3.8) is 0 Å². The Morgan fingerprint density at radius 3 is 2.60 bits per heavy atom. The SMILES string of the molecule is C=C[CH2][Sn][Br]. The molecule has 0 saturated carbocycles. The minimum absolute atomic E-state index is 0.0999. The normalized spacial score (nSPS) is 7.40. The van der Waals surface area contributed by atoms with Gasteiger partial charge in [-0.25, -0.2) is 0 Å². The van der Waals surface area contributed by atoms with Gasteiger partial charge in [0, 0.05) is 0 Å². The van der Waals surface area contributed by atoms with Crippen molar-refractivity contribution in [2.45, 2.75) is 4.44 Å². The second-order valence-corrected chi connectivity index (χ2v) is 6.32. The van der Waals surface area contributed by atoms with Gasteiger partial charge in [0.15, 0.2) is 0 Å². The third-order valence-electron chi connectivity index (χ3n) is 0.221. The van der Waals surface area contributed by atoms with Gasteiger partial charge in [0.25, 0.3) is 0 Å². The number of hydrogen-bond acceptors (Lipinski definition) is 0. The maximum atomic E-state index is 3.56. The molecular weight excluding hydrogens is 235 g/mol. The molecule has 0 N–H and O–H groups in total. The summed E-state index contributed by atoms with van der Waals surface area (Å²) in [6.07, 6.45) is 1.96. The van der Waals surface area contributed by atoms with Crippen molar-refractivity contribution in [2.24, 2.45) is 0 Å². The molecule has 0 rings (SSSR count). The predicted octanol–water partition coefficient (Wildman–Crippen LogP) is 1.60. The van der Waals surface area contributed by atoms with Gasteiger partial charge in [-0.05, 0) is 0 Å². The van der Waals surface area contributed by atoms with Gasteiger partial charge in [0.2, 0.25) is 0 Å². The standard InChI is InChI=1S/C3H5.BrH.Sn/c1-3-2;;/h3H,1-2H2;1H;/q;;+1/p-1. The van der Waals surface area contributed by atoms with Crippen LogP contribution in [-0.4, -0.2) is 18.9 Å². The molecular formula is C3H5BrSn. The zero-order valence-electron chi connectivity index (χ0n) is 2.87. The van der Waals surface area contributed by atoms with Gasteiger partial charge in [-0.3, -0.25) is 0 Å². The first kappa shape index (κ1) is 6.02. The van der Waals surface area contributed by atoms with Crippen molar-refractivity contribution in [2.75, 3.05) is 0 Å². The molecule has 0 aliphatic heterocycles. The monoisotopic (exact) mass is 240 g/mol. The molecule has 2 radical (unpaired) electrons. The second-order valence-electron chi connectivity index (χ2n) is 0.626. The second kappa shape index (κ2) is 5.02. The summed E-state index contributed by atoms with van der Waals surface area (Å²) < 4.78 is 1.24. The van der Waals surface area contributed by atoms with Crippen LogP contribution >= 0.6 is 12.7 Å². The van der Waals surface area contributed by atoms with Crippen LogP contribution in [0.4, 0.5) is 0 Å². The van der Waals surface area contributed by atoms with Gasteiger partial charge in [-0.15, -0.1) is 0 Å². The molecule has 0 unspecified atom stereocenters. The molecule has 0 aromatic rings. The summed E-state index contributed by atoms with van der Waals surface area (Å²) in [7, 11) is 0. The Hall–Kier alpha value is 1.02. The summed E-state index contributed by atoms with van der Waals surface area (Å²) >= 11 is 3.31. The number of allylic oxidation sites excluding steroid dienone is 1. The van der Waals surface area contributed by atoms with Crippen LogP contribution in [-0.2, 0) is 0 Å². The van der Waals surface area contributed by atoms with Crippen LogP contribution in [0.15, 0.2) is 12.7 Å². The predicted molar refractivity (Wildman–Crippen MR) is 29.7 cm³/mol. The van der Waals surface area contributed by atoms with E-state index < -0.39 is 0 Å². The Balaban J connectivity index is 2.40. The van der Waals surface area contributed by atoms with Gasteiger partial charge in [0.1, 0.15) is 0 Å². The molecule has 0 saturated heterocycles. The van der Waals surface area contributed by atoms with Gasteiger partial charge < -0.3 is 0 Å². The Kier molecular flexibility index (Phi) is 6.04. The van der Waals surface area contributed by atoms with Crippen molar-refractivity contribution in [3.05, 3.63) is 12.7 Å². The van der Waals surface area contributed by atoms with Gasteiger partial charge in [-0.1, -0.05) is 0 Å². The first-order valence-corrected chi connectivity index (χ1v) is 9.78. The van der Waals surface area contributed by atoms with Crippen LogP contribution in [0.2, 0.25) is 4.44 Å². The molecule has 0 heterocycles. The molecule has 0 atom stereocenters. The van der Waals surface area contributed by atoms with Crippen LogP contribution in [0.5, 0.6) is 0 Å². The van der Waals surface area contributed by atoms with Crippen LogP contribution in [0.3, 0.4) is 0 Å². The van der Waals surface area contributed by atoms with E-state index in [4.69, 9.17) is 0 Å².